The Kier molecular flexibility index (Phi) is 6.21. The second kappa shape index (κ2) is 8.57. The molecule has 0 saturated carbocycles. The van der Waals surface area contributed by atoms with Crippen LogP contribution >= 0.6 is 0 Å². The molecule has 25 heavy (non-hydrogen) atoms. The van der Waals surface area contributed by atoms with Crippen molar-refractivity contribution in [1.82, 2.24) is 10.8 Å². The van der Waals surface area contributed by atoms with Crippen LogP contribution in [0.4, 0.5) is 5.69 Å². The number of rotatable bonds is 6. The fraction of sp³-hybridized carbons (Fsp3) is 0.118. The number of nitrogens with one attached hydrogen (secondary N) is 3. The van der Waals surface area contributed by atoms with E-state index in [9.17, 15) is 14.4 Å². The van der Waals surface area contributed by atoms with E-state index in [1.165, 1.54) is 5.48 Å². The first-order valence-electron chi connectivity index (χ1n) is 7.44. The molecule has 130 valence electrons. The molecule has 8 nitrogen and oxygen atoms in total. The lowest BCUT2D eigenvalue weighted by molar-refractivity contribution is -0.133. The van der Waals surface area contributed by atoms with Crippen LogP contribution in [0.15, 0.2) is 60.7 Å². The predicted octanol–water partition coefficient (Wildman–Crippen LogP) is 0.256. The van der Waals surface area contributed by atoms with Gasteiger partial charge in [0.25, 0.3) is 11.8 Å². The van der Waals surface area contributed by atoms with Gasteiger partial charge in [0.2, 0.25) is 5.91 Å². The Labute approximate surface area is 144 Å². The third-order valence-electron chi connectivity index (χ3n) is 3.42. The van der Waals surface area contributed by atoms with Gasteiger partial charge < -0.3 is 16.4 Å². The number of hydrogen-bond donors (Lipinski definition) is 5. The molecule has 0 spiro atoms. The molecule has 2 aromatic carbocycles. The molecule has 3 amide bonds. The van der Waals surface area contributed by atoms with Crippen molar-refractivity contribution in [2.24, 2.45) is 5.73 Å². The molecule has 8 heteroatoms. The summed E-state index contributed by atoms with van der Waals surface area (Å²) < 4.78 is 0. The minimum atomic E-state index is -1.48. The van der Waals surface area contributed by atoms with Crippen LogP contribution in [0.1, 0.15) is 10.4 Å². The number of amides is 3. The zero-order valence-electron chi connectivity index (χ0n) is 13.2. The van der Waals surface area contributed by atoms with Gasteiger partial charge in [0.05, 0.1) is 0 Å². The van der Waals surface area contributed by atoms with Gasteiger partial charge >= 0.3 is 0 Å². The molecule has 0 aliphatic carbocycles. The Morgan fingerprint density at radius 3 is 2.00 bits per heavy atom. The summed E-state index contributed by atoms with van der Waals surface area (Å²) in [4.78, 5) is 36.4. The van der Waals surface area contributed by atoms with E-state index in [0.717, 1.165) is 0 Å². The molecule has 0 heterocycles. The van der Waals surface area contributed by atoms with Gasteiger partial charge in [-0.1, -0.05) is 36.4 Å². The summed E-state index contributed by atoms with van der Waals surface area (Å²) in [6.07, 6.45) is 0. The van der Waals surface area contributed by atoms with E-state index in [1.807, 2.05) is 0 Å². The van der Waals surface area contributed by atoms with E-state index < -0.39 is 29.8 Å². The summed E-state index contributed by atoms with van der Waals surface area (Å²) in [5.41, 5.74) is 7.86. The molecule has 0 radical (unpaired) electrons. The molecule has 0 aliphatic rings. The van der Waals surface area contributed by atoms with Crippen molar-refractivity contribution < 1.29 is 19.6 Å². The minimum absolute atomic E-state index is 0.302. The molecule has 0 saturated heterocycles. The van der Waals surface area contributed by atoms with E-state index in [4.69, 9.17) is 10.9 Å². The van der Waals surface area contributed by atoms with E-state index in [2.05, 4.69) is 10.6 Å². The van der Waals surface area contributed by atoms with E-state index in [-0.39, 0.29) is 0 Å². The fourth-order valence-electron chi connectivity index (χ4n) is 2.10. The maximum Gasteiger partial charge on any atom is 0.262 e. The Bertz CT molecular complexity index is 737. The van der Waals surface area contributed by atoms with Crippen molar-refractivity contribution in [2.75, 3.05) is 5.32 Å². The van der Waals surface area contributed by atoms with Crippen molar-refractivity contribution in [3.05, 3.63) is 66.2 Å². The Hall–Kier alpha value is -3.23. The predicted molar refractivity (Wildman–Crippen MR) is 90.7 cm³/mol. The van der Waals surface area contributed by atoms with Crippen LogP contribution in [0.5, 0.6) is 0 Å². The quantitative estimate of drug-likeness (QED) is 0.379. The highest BCUT2D eigenvalue weighted by Gasteiger charge is 2.32. The fourth-order valence-corrected chi connectivity index (χ4v) is 2.10. The second-order valence-corrected chi connectivity index (χ2v) is 5.17. The highest BCUT2D eigenvalue weighted by Crippen LogP contribution is 2.07. The van der Waals surface area contributed by atoms with Crippen molar-refractivity contribution in [2.45, 2.75) is 12.1 Å². The first kappa shape index (κ1) is 18.1. The van der Waals surface area contributed by atoms with Gasteiger partial charge in [0.1, 0.15) is 12.1 Å². The third kappa shape index (κ3) is 4.87. The average molecular weight is 342 g/mol. The number of carbonyl (C=O) groups is 3. The molecule has 2 aromatic rings. The lowest BCUT2D eigenvalue weighted by atomic mass is 10.1. The number of benzene rings is 2. The Morgan fingerprint density at radius 1 is 0.880 bits per heavy atom. The number of carbonyl (C=O) groups excluding carboxylic acids is 3. The van der Waals surface area contributed by atoms with Crippen LogP contribution < -0.4 is 21.8 Å². The van der Waals surface area contributed by atoms with Crippen molar-refractivity contribution in [3.63, 3.8) is 0 Å². The number of para-hydroxylation sites is 1. The summed E-state index contributed by atoms with van der Waals surface area (Å²) in [6.45, 7) is 0. The van der Waals surface area contributed by atoms with Crippen LogP contribution in [-0.2, 0) is 9.59 Å². The van der Waals surface area contributed by atoms with Crippen molar-refractivity contribution in [1.29, 1.82) is 0 Å². The summed E-state index contributed by atoms with van der Waals surface area (Å²) >= 11 is 0. The zero-order chi connectivity index (χ0) is 18.2. The number of hydrogen-bond acceptors (Lipinski definition) is 5. The lowest BCUT2D eigenvalue weighted by Gasteiger charge is -2.23. The Morgan fingerprint density at radius 2 is 1.44 bits per heavy atom. The Balaban J connectivity index is 2.19. The maximum absolute atomic E-state index is 12.5. The molecule has 0 aromatic heterocycles. The molecule has 0 fully saturated rings. The highest BCUT2D eigenvalue weighted by molar-refractivity contribution is 6.04. The molecule has 2 atom stereocenters. The first-order chi connectivity index (χ1) is 12.0. The number of nitrogens with two attached hydrogens (primary N) is 1. The normalized spacial score (nSPS) is 12.6. The average Bonchev–Trinajstić information content (AvgIpc) is 2.66. The SMILES string of the molecule is NC(C(=O)NO)[C@H](NC(=O)c1ccccc1)C(=O)Nc1ccccc1. The summed E-state index contributed by atoms with van der Waals surface area (Å²) in [5.74, 6) is -2.26. The van der Waals surface area contributed by atoms with Crippen LogP contribution in [0.25, 0.3) is 0 Å². The first-order valence-corrected chi connectivity index (χ1v) is 7.44. The van der Waals surface area contributed by atoms with Gasteiger partial charge in [-0.25, -0.2) is 5.48 Å². The second-order valence-electron chi connectivity index (χ2n) is 5.17. The standard InChI is InChI=1S/C17H18N4O4/c18-13(16(23)21-25)14(17(24)19-12-9-5-2-6-10-12)20-15(22)11-7-3-1-4-8-11/h1-10,13-14,25H,18H2,(H,19,24)(H,20,22)(H,21,23)/t13?,14-/m0/s1. The molecule has 2 rings (SSSR count). The van der Waals surface area contributed by atoms with Crippen molar-refractivity contribution >= 4 is 23.4 Å². The molecule has 1 unspecified atom stereocenters. The van der Waals surface area contributed by atoms with Crippen LogP contribution in [0.2, 0.25) is 0 Å². The molecular formula is C17H18N4O4. The highest BCUT2D eigenvalue weighted by atomic mass is 16.5. The van der Waals surface area contributed by atoms with Gasteiger partial charge in [-0.05, 0) is 24.3 Å². The third-order valence-corrected chi connectivity index (χ3v) is 3.42. The van der Waals surface area contributed by atoms with Crippen LogP contribution in [0.3, 0.4) is 0 Å². The molecule has 0 bridgehead atoms. The van der Waals surface area contributed by atoms with E-state index in [0.29, 0.717) is 11.3 Å². The number of hydroxylamine groups is 1. The largest absolute Gasteiger partial charge is 0.338 e. The minimum Gasteiger partial charge on any atom is -0.338 e. The van der Waals surface area contributed by atoms with Crippen LogP contribution in [-0.4, -0.2) is 35.0 Å². The van der Waals surface area contributed by atoms with Gasteiger partial charge in [-0.15, -0.1) is 0 Å². The monoisotopic (exact) mass is 342 g/mol. The summed E-state index contributed by atoms with van der Waals surface area (Å²) in [5, 5.41) is 13.7. The van der Waals surface area contributed by atoms with Gasteiger partial charge in [-0.3, -0.25) is 19.6 Å². The zero-order valence-corrected chi connectivity index (χ0v) is 13.2. The lowest BCUT2D eigenvalue weighted by Crippen LogP contribution is -2.59. The molecule has 6 N–H and O–H groups in total. The molecular weight excluding hydrogens is 324 g/mol. The van der Waals surface area contributed by atoms with Gasteiger partial charge in [0.15, 0.2) is 0 Å². The number of anilines is 1. The van der Waals surface area contributed by atoms with Crippen molar-refractivity contribution in [3.8, 4) is 0 Å². The van der Waals surface area contributed by atoms with Crippen LogP contribution in [0, 0.1) is 0 Å². The maximum atomic E-state index is 12.5. The topological polar surface area (TPSA) is 134 Å². The summed E-state index contributed by atoms with van der Waals surface area (Å²) in [6, 6.07) is 13.8. The van der Waals surface area contributed by atoms with E-state index >= 15 is 0 Å². The summed E-state index contributed by atoms with van der Waals surface area (Å²) in [7, 11) is 0. The smallest absolute Gasteiger partial charge is 0.262 e. The molecule has 0 aliphatic heterocycles. The van der Waals surface area contributed by atoms with E-state index in [1.54, 1.807) is 60.7 Å². The van der Waals surface area contributed by atoms with Gasteiger partial charge in [-0.2, -0.15) is 0 Å². The van der Waals surface area contributed by atoms with Gasteiger partial charge in [0, 0.05) is 11.3 Å².